The monoisotopic (exact) mass is 311 g/mol. The van der Waals surface area contributed by atoms with Crippen molar-refractivity contribution in [2.45, 2.75) is 70.8 Å². The van der Waals surface area contributed by atoms with Gasteiger partial charge in [0.2, 0.25) is 0 Å². The van der Waals surface area contributed by atoms with Gasteiger partial charge in [-0.05, 0) is 17.8 Å². The van der Waals surface area contributed by atoms with Crippen LogP contribution in [0, 0.1) is 10.1 Å². The summed E-state index contributed by atoms with van der Waals surface area (Å²) in [6, 6.07) is 0. The lowest BCUT2D eigenvalue weighted by atomic mass is 10.1. The third-order valence-corrected chi connectivity index (χ3v) is 3.65. The van der Waals surface area contributed by atoms with Gasteiger partial charge in [0.05, 0.1) is 6.54 Å². The van der Waals surface area contributed by atoms with Crippen molar-refractivity contribution in [2.24, 2.45) is 0 Å². The number of nitrogens with zero attached hydrogens (tertiary/aromatic N) is 3. The summed E-state index contributed by atoms with van der Waals surface area (Å²) >= 11 is 0. The molecule has 0 radical (unpaired) electrons. The Morgan fingerprint density at radius 2 is 1.64 bits per heavy atom. The first kappa shape index (κ1) is 18.1. The third-order valence-electron chi connectivity index (χ3n) is 3.65. The molecule has 7 nitrogen and oxygen atoms in total. The molecule has 1 heterocycles. The predicted molar refractivity (Wildman–Crippen MR) is 82.7 cm³/mol. The minimum atomic E-state index is -0.710. The number of carbonyl (C=O) groups is 1. The van der Waals surface area contributed by atoms with E-state index < -0.39 is 10.9 Å². The molecule has 1 rings (SSSR count). The number of rotatable bonds is 13. The van der Waals surface area contributed by atoms with Crippen LogP contribution < -0.4 is 0 Å². The van der Waals surface area contributed by atoms with Gasteiger partial charge in [0, 0.05) is 6.42 Å². The normalized spacial score (nSPS) is 10.7. The molecular weight excluding hydrogens is 286 g/mol. The number of imidazole rings is 1. The van der Waals surface area contributed by atoms with Gasteiger partial charge < -0.3 is 15.2 Å². The maximum atomic E-state index is 10.7. The molecule has 1 N–H and O–H groups in total. The lowest BCUT2D eigenvalue weighted by Crippen LogP contribution is -2.02. The summed E-state index contributed by atoms with van der Waals surface area (Å²) in [5.74, 6) is -0.792. The van der Waals surface area contributed by atoms with Crippen LogP contribution in [0.25, 0.3) is 0 Å². The third kappa shape index (κ3) is 7.75. The van der Waals surface area contributed by atoms with E-state index >= 15 is 0 Å². The lowest BCUT2D eigenvalue weighted by molar-refractivity contribution is -0.396. The molecule has 7 heteroatoms. The number of hydrogen-bond acceptors (Lipinski definition) is 4. The maximum Gasteiger partial charge on any atom is 0.434 e. The molecule has 0 saturated carbocycles. The molecule has 0 unspecified atom stereocenters. The fraction of sp³-hybridized carbons (Fsp3) is 0.733. The second-order valence-electron chi connectivity index (χ2n) is 5.50. The highest BCUT2D eigenvalue weighted by Gasteiger charge is 2.12. The number of unbranched alkanes of at least 4 members (excludes halogenated alkanes) is 8. The lowest BCUT2D eigenvalue weighted by Gasteiger charge is -2.03. The summed E-state index contributed by atoms with van der Waals surface area (Å²) in [5.41, 5.74) is 0. The summed E-state index contributed by atoms with van der Waals surface area (Å²) in [7, 11) is 0. The molecule has 0 saturated heterocycles. The van der Waals surface area contributed by atoms with Gasteiger partial charge in [-0.1, -0.05) is 49.9 Å². The summed E-state index contributed by atoms with van der Waals surface area (Å²) in [4.78, 5) is 24.3. The molecule has 0 spiro atoms. The van der Waals surface area contributed by atoms with E-state index in [0.717, 1.165) is 44.9 Å². The van der Waals surface area contributed by atoms with E-state index in [9.17, 15) is 14.9 Å². The number of nitro groups is 1. The summed E-state index contributed by atoms with van der Waals surface area (Å²) in [6.07, 6.45) is 12.9. The highest BCUT2D eigenvalue weighted by Crippen LogP contribution is 2.13. The van der Waals surface area contributed by atoms with Gasteiger partial charge in [0.15, 0.2) is 0 Å². The summed E-state index contributed by atoms with van der Waals surface area (Å²) in [5, 5.41) is 19.2. The Morgan fingerprint density at radius 3 is 2.18 bits per heavy atom. The van der Waals surface area contributed by atoms with E-state index in [-0.39, 0.29) is 12.4 Å². The minimum Gasteiger partial charge on any atom is -0.481 e. The first-order valence-electron chi connectivity index (χ1n) is 7.98. The Kier molecular flexibility index (Phi) is 8.86. The Balaban J connectivity index is 1.92. The van der Waals surface area contributed by atoms with E-state index in [2.05, 4.69) is 4.98 Å². The largest absolute Gasteiger partial charge is 0.481 e. The average Bonchev–Trinajstić information content (AvgIpc) is 2.93. The van der Waals surface area contributed by atoms with Gasteiger partial charge in [-0.2, -0.15) is 0 Å². The van der Waals surface area contributed by atoms with E-state index in [0.29, 0.717) is 6.54 Å². The number of aryl methyl sites for hydroxylation is 1. The van der Waals surface area contributed by atoms with Crippen LogP contribution in [0.4, 0.5) is 5.95 Å². The van der Waals surface area contributed by atoms with Crippen LogP contribution in [0.3, 0.4) is 0 Å². The quantitative estimate of drug-likeness (QED) is 0.339. The molecule has 0 bridgehead atoms. The van der Waals surface area contributed by atoms with Crippen molar-refractivity contribution >= 4 is 11.9 Å². The minimum absolute atomic E-state index is 0.0821. The summed E-state index contributed by atoms with van der Waals surface area (Å²) in [6.45, 7) is 0.644. The molecule has 0 aliphatic heterocycles. The van der Waals surface area contributed by atoms with Crippen LogP contribution in [-0.2, 0) is 11.3 Å². The van der Waals surface area contributed by atoms with E-state index in [4.69, 9.17) is 5.11 Å². The second kappa shape index (κ2) is 10.8. The van der Waals surface area contributed by atoms with Crippen LogP contribution in [-0.4, -0.2) is 25.6 Å². The topological polar surface area (TPSA) is 98.3 Å². The Hall–Kier alpha value is -1.92. The summed E-state index contributed by atoms with van der Waals surface area (Å²) < 4.78 is 1.59. The maximum absolute atomic E-state index is 10.7. The Labute approximate surface area is 130 Å². The van der Waals surface area contributed by atoms with Gasteiger partial charge in [-0.25, -0.2) is 4.57 Å². The van der Waals surface area contributed by atoms with Crippen LogP contribution >= 0.6 is 0 Å². The van der Waals surface area contributed by atoms with Crippen molar-refractivity contribution in [2.75, 3.05) is 0 Å². The average molecular weight is 311 g/mol. The molecule has 0 aliphatic rings. The zero-order chi connectivity index (χ0) is 16.2. The van der Waals surface area contributed by atoms with Gasteiger partial charge in [-0.15, -0.1) is 0 Å². The molecule has 0 atom stereocenters. The molecule has 1 aromatic heterocycles. The number of carboxylic acids is 1. The SMILES string of the molecule is O=C(O)CCCCCCCCCCCn1ccnc1[N+](=O)[O-]. The first-order valence-corrected chi connectivity index (χ1v) is 7.98. The molecule has 0 fully saturated rings. The zero-order valence-corrected chi connectivity index (χ0v) is 12.9. The van der Waals surface area contributed by atoms with E-state index in [1.54, 1.807) is 10.8 Å². The van der Waals surface area contributed by atoms with Crippen LogP contribution in [0.1, 0.15) is 64.2 Å². The zero-order valence-electron chi connectivity index (χ0n) is 12.9. The number of hydrogen-bond donors (Lipinski definition) is 1. The van der Waals surface area contributed by atoms with Crippen molar-refractivity contribution in [3.8, 4) is 0 Å². The van der Waals surface area contributed by atoms with Crippen LogP contribution in [0.5, 0.6) is 0 Å². The smallest absolute Gasteiger partial charge is 0.434 e. The first-order chi connectivity index (χ1) is 10.6. The second-order valence-corrected chi connectivity index (χ2v) is 5.50. The Bertz CT molecular complexity index is 459. The molecular formula is C15H25N3O4. The van der Waals surface area contributed by atoms with E-state index in [1.807, 2.05) is 0 Å². The van der Waals surface area contributed by atoms with Crippen molar-refractivity contribution in [1.82, 2.24) is 9.55 Å². The number of aliphatic carboxylic acids is 1. The Morgan fingerprint density at radius 1 is 1.09 bits per heavy atom. The fourth-order valence-corrected chi connectivity index (χ4v) is 2.44. The predicted octanol–water partition coefficient (Wildman–Crippen LogP) is 3.78. The number of aromatic nitrogens is 2. The molecule has 124 valence electrons. The van der Waals surface area contributed by atoms with E-state index in [1.165, 1.54) is 19.0 Å². The van der Waals surface area contributed by atoms with Crippen LogP contribution in [0.15, 0.2) is 12.4 Å². The fourth-order valence-electron chi connectivity index (χ4n) is 2.44. The highest BCUT2D eigenvalue weighted by molar-refractivity contribution is 5.66. The molecule has 0 aromatic carbocycles. The number of carboxylic acid groups (broad SMARTS) is 1. The van der Waals surface area contributed by atoms with Gasteiger partial charge >= 0.3 is 11.9 Å². The molecule has 0 aliphatic carbocycles. The highest BCUT2D eigenvalue weighted by atomic mass is 16.6. The van der Waals surface area contributed by atoms with Crippen LogP contribution in [0.2, 0.25) is 0 Å². The molecule has 22 heavy (non-hydrogen) atoms. The molecule has 1 aromatic rings. The van der Waals surface area contributed by atoms with Gasteiger partial charge in [0.1, 0.15) is 12.4 Å². The molecule has 0 amide bonds. The van der Waals surface area contributed by atoms with Gasteiger partial charge in [0.25, 0.3) is 0 Å². The standard InChI is InChI=1S/C15H25N3O4/c19-14(20)10-8-6-4-2-1-3-5-7-9-12-17-13-11-16-15(17)18(21)22/h11,13H,1-10,12H2,(H,19,20). The van der Waals surface area contributed by atoms with Crippen molar-refractivity contribution in [3.05, 3.63) is 22.5 Å². The van der Waals surface area contributed by atoms with Gasteiger partial charge in [-0.3, -0.25) is 4.79 Å². The van der Waals surface area contributed by atoms with Crippen molar-refractivity contribution < 1.29 is 14.8 Å². The van der Waals surface area contributed by atoms with Crippen molar-refractivity contribution in [1.29, 1.82) is 0 Å². The van der Waals surface area contributed by atoms with Crippen molar-refractivity contribution in [3.63, 3.8) is 0 Å².